The van der Waals surface area contributed by atoms with Crippen molar-refractivity contribution in [2.45, 2.75) is 33.2 Å². The van der Waals surface area contributed by atoms with E-state index in [4.69, 9.17) is 9.16 Å². The van der Waals surface area contributed by atoms with E-state index in [2.05, 4.69) is 38.7 Å². The quantitative estimate of drug-likeness (QED) is 0.537. The molecule has 0 aromatic heterocycles. The summed E-state index contributed by atoms with van der Waals surface area (Å²) in [6, 6.07) is 10.1. The molecule has 2 nitrogen and oxygen atoms in total. The molecule has 0 spiro atoms. The van der Waals surface area contributed by atoms with Gasteiger partial charge in [-0.3, -0.25) is 0 Å². The Kier molecular flexibility index (Phi) is 6.36. The molecule has 1 rings (SSSR count). The fourth-order valence-electron chi connectivity index (χ4n) is 1.31. The summed E-state index contributed by atoms with van der Waals surface area (Å²) in [6.45, 7) is 9.23. The summed E-state index contributed by atoms with van der Waals surface area (Å²) in [5.41, 5.74) is 1.17. The Morgan fingerprint density at radius 3 is 2.44 bits per heavy atom. The van der Waals surface area contributed by atoms with E-state index in [-0.39, 0.29) is 0 Å². The average Bonchev–Trinajstić information content (AvgIpc) is 2.28. The molecule has 0 saturated heterocycles. The molecule has 0 N–H and O–H groups in total. The minimum Gasteiger partial charge on any atom is -0.538 e. The Morgan fingerprint density at radius 2 is 1.89 bits per heavy atom. The minimum absolute atomic E-state index is 0.587. The highest BCUT2D eigenvalue weighted by molar-refractivity contribution is 8.02. The van der Waals surface area contributed by atoms with Gasteiger partial charge in [-0.2, -0.15) is 0 Å². The summed E-state index contributed by atoms with van der Waals surface area (Å²) in [5, 5.41) is 0.896. The van der Waals surface area contributed by atoms with E-state index in [1.54, 1.807) is 18.0 Å². The first-order valence-corrected chi connectivity index (χ1v) is 10.6. The van der Waals surface area contributed by atoms with Crippen LogP contribution < -0.4 is 0 Å². The van der Waals surface area contributed by atoms with Crippen LogP contribution in [0.5, 0.6) is 0 Å². The third-order valence-electron chi connectivity index (χ3n) is 1.97. The van der Waals surface area contributed by atoms with Gasteiger partial charge in [0.2, 0.25) is 8.32 Å². The lowest BCUT2D eigenvalue weighted by molar-refractivity contribution is 0.225. The van der Waals surface area contributed by atoms with Gasteiger partial charge in [0, 0.05) is 0 Å². The summed E-state index contributed by atoms with van der Waals surface area (Å²) in [5.74, 6) is 0.991. The SMILES string of the molecule is CCS/C(=C\OCc1ccccc1)O[Si](C)(C)C. The zero-order valence-electron chi connectivity index (χ0n) is 11.6. The number of hydrogen-bond donors (Lipinski definition) is 0. The summed E-state index contributed by atoms with van der Waals surface area (Å²) in [7, 11) is -1.56. The van der Waals surface area contributed by atoms with Crippen molar-refractivity contribution in [2.24, 2.45) is 0 Å². The number of ether oxygens (including phenoxy) is 1. The third-order valence-corrected chi connectivity index (χ3v) is 3.70. The zero-order chi connectivity index (χ0) is 13.4. The summed E-state index contributed by atoms with van der Waals surface area (Å²) < 4.78 is 11.5. The van der Waals surface area contributed by atoms with E-state index in [9.17, 15) is 0 Å². The van der Waals surface area contributed by atoms with Crippen molar-refractivity contribution in [1.82, 2.24) is 0 Å². The summed E-state index contributed by atoms with van der Waals surface area (Å²) in [4.78, 5) is 0. The van der Waals surface area contributed by atoms with Gasteiger partial charge < -0.3 is 9.16 Å². The third kappa shape index (κ3) is 6.76. The lowest BCUT2D eigenvalue weighted by Crippen LogP contribution is -2.24. The molecule has 0 bridgehead atoms. The van der Waals surface area contributed by atoms with Gasteiger partial charge in [-0.15, -0.1) is 0 Å². The van der Waals surface area contributed by atoms with Crippen LogP contribution >= 0.6 is 11.8 Å². The Morgan fingerprint density at radius 1 is 1.22 bits per heavy atom. The van der Waals surface area contributed by atoms with Gasteiger partial charge in [-0.05, 0) is 31.0 Å². The number of benzene rings is 1. The van der Waals surface area contributed by atoms with Crippen molar-refractivity contribution < 1.29 is 9.16 Å². The van der Waals surface area contributed by atoms with Crippen molar-refractivity contribution in [2.75, 3.05) is 5.75 Å². The molecular formula is C14H22O2SSi. The van der Waals surface area contributed by atoms with Crippen LogP contribution in [0.25, 0.3) is 0 Å². The number of hydrogen-bond acceptors (Lipinski definition) is 3. The number of thioether (sulfide) groups is 1. The highest BCUT2D eigenvalue weighted by Gasteiger charge is 2.17. The molecule has 1 aromatic rings. The van der Waals surface area contributed by atoms with Crippen LogP contribution in [-0.4, -0.2) is 14.1 Å². The molecule has 0 heterocycles. The molecule has 0 aliphatic heterocycles. The van der Waals surface area contributed by atoms with Crippen LogP contribution in [0.15, 0.2) is 41.7 Å². The second-order valence-corrected chi connectivity index (χ2v) is 10.6. The van der Waals surface area contributed by atoms with Crippen molar-refractivity contribution in [1.29, 1.82) is 0 Å². The monoisotopic (exact) mass is 282 g/mol. The smallest absolute Gasteiger partial charge is 0.243 e. The Bertz CT molecular complexity index is 371. The Balaban J connectivity index is 2.50. The minimum atomic E-state index is -1.56. The van der Waals surface area contributed by atoms with Crippen molar-refractivity contribution in [3.05, 3.63) is 47.2 Å². The second-order valence-electron chi connectivity index (χ2n) is 4.88. The number of rotatable bonds is 7. The predicted octanol–water partition coefficient (Wildman–Crippen LogP) is 4.61. The highest BCUT2D eigenvalue weighted by Crippen LogP contribution is 2.22. The lowest BCUT2D eigenvalue weighted by Gasteiger charge is -2.20. The van der Waals surface area contributed by atoms with Crippen molar-refractivity contribution >= 4 is 20.1 Å². The molecule has 0 fully saturated rings. The van der Waals surface area contributed by atoms with Gasteiger partial charge in [0.25, 0.3) is 0 Å². The standard InChI is InChI=1S/C14H22O2SSi/c1-5-17-14(16-18(2,3)4)12-15-11-13-9-7-6-8-10-13/h6-10,12H,5,11H2,1-4H3/b14-12-. The maximum Gasteiger partial charge on any atom is 0.243 e. The first kappa shape index (κ1) is 15.2. The van der Waals surface area contributed by atoms with Gasteiger partial charge in [-0.1, -0.05) is 49.0 Å². The second kappa shape index (κ2) is 7.54. The molecule has 0 unspecified atom stereocenters. The largest absolute Gasteiger partial charge is 0.538 e. The van der Waals surface area contributed by atoms with Crippen LogP contribution in [-0.2, 0) is 15.8 Å². The van der Waals surface area contributed by atoms with Gasteiger partial charge in [0.05, 0.1) is 0 Å². The van der Waals surface area contributed by atoms with E-state index in [1.165, 1.54) is 5.56 Å². The predicted molar refractivity (Wildman–Crippen MR) is 81.9 cm³/mol. The first-order valence-electron chi connectivity index (χ1n) is 6.19. The van der Waals surface area contributed by atoms with Gasteiger partial charge >= 0.3 is 0 Å². The molecule has 0 aliphatic carbocycles. The summed E-state index contributed by atoms with van der Waals surface area (Å²) >= 11 is 1.69. The molecule has 4 heteroatoms. The van der Waals surface area contributed by atoms with Crippen molar-refractivity contribution in [3.8, 4) is 0 Å². The lowest BCUT2D eigenvalue weighted by atomic mass is 10.2. The molecule has 0 saturated carbocycles. The normalized spacial score (nSPS) is 12.3. The van der Waals surface area contributed by atoms with Crippen LogP contribution in [0.3, 0.4) is 0 Å². The summed E-state index contributed by atoms with van der Waals surface area (Å²) in [6.07, 6.45) is 1.75. The van der Waals surface area contributed by atoms with Gasteiger partial charge in [0.1, 0.15) is 12.9 Å². The van der Waals surface area contributed by atoms with E-state index < -0.39 is 8.32 Å². The Hall–Kier alpha value is -0.873. The zero-order valence-corrected chi connectivity index (χ0v) is 13.4. The first-order chi connectivity index (χ1) is 8.51. The molecule has 0 amide bonds. The highest BCUT2D eigenvalue weighted by atomic mass is 32.2. The van der Waals surface area contributed by atoms with E-state index >= 15 is 0 Å². The maximum atomic E-state index is 5.95. The fraction of sp³-hybridized carbons (Fsp3) is 0.429. The molecule has 100 valence electrons. The van der Waals surface area contributed by atoms with Crippen LogP contribution in [0.2, 0.25) is 19.6 Å². The molecule has 0 atom stereocenters. The van der Waals surface area contributed by atoms with Crippen LogP contribution in [0.4, 0.5) is 0 Å². The van der Waals surface area contributed by atoms with Gasteiger partial charge in [-0.25, -0.2) is 0 Å². The topological polar surface area (TPSA) is 18.5 Å². The average molecular weight is 282 g/mol. The van der Waals surface area contributed by atoms with E-state index in [0.717, 1.165) is 10.8 Å². The molecule has 18 heavy (non-hydrogen) atoms. The molecular weight excluding hydrogens is 260 g/mol. The van der Waals surface area contributed by atoms with Crippen LogP contribution in [0.1, 0.15) is 12.5 Å². The van der Waals surface area contributed by atoms with Crippen LogP contribution in [0, 0.1) is 0 Å². The maximum absolute atomic E-state index is 5.95. The fourth-order valence-corrected chi connectivity index (χ4v) is 3.37. The molecule has 1 aromatic carbocycles. The molecule has 0 aliphatic rings. The van der Waals surface area contributed by atoms with Crippen molar-refractivity contribution in [3.63, 3.8) is 0 Å². The van der Waals surface area contributed by atoms with Gasteiger partial charge in [0.15, 0.2) is 5.09 Å². The Labute approximate surface area is 116 Å². The molecule has 0 radical (unpaired) electrons. The van der Waals surface area contributed by atoms with E-state index in [1.807, 2.05) is 18.2 Å². The van der Waals surface area contributed by atoms with E-state index in [0.29, 0.717) is 6.61 Å².